The Morgan fingerprint density at radius 2 is 2.29 bits per heavy atom. The van der Waals surface area contributed by atoms with Gasteiger partial charge in [-0.2, -0.15) is 0 Å². The summed E-state index contributed by atoms with van der Waals surface area (Å²) in [5, 5.41) is 11.0. The number of hydrogen-bond acceptors (Lipinski definition) is 3. The number of thiophene rings is 1. The van der Waals surface area contributed by atoms with Gasteiger partial charge in [-0.15, -0.1) is 11.3 Å². The predicted octanol–water partition coefficient (Wildman–Crippen LogP) is 1.81. The normalized spacial score (nSPS) is 13.2. The number of aryl methyl sites for hydroxylation is 1. The van der Waals surface area contributed by atoms with Gasteiger partial charge in [0.2, 0.25) is 5.91 Å². The third kappa shape index (κ3) is 5.06. The van der Waals surface area contributed by atoms with E-state index >= 15 is 0 Å². The number of carbonyl (C=O) groups is 1. The lowest BCUT2D eigenvalue weighted by Crippen LogP contribution is -2.34. The number of nitrogens with one attached hydrogen (secondary N) is 1. The van der Waals surface area contributed by atoms with E-state index in [9.17, 15) is 13.6 Å². The molecule has 0 saturated carbocycles. The first kappa shape index (κ1) is 13.8. The van der Waals surface area contributed by atoms with Gasteiger partial charge >= 0.3 is 0 Å². The first-order valence-corrected chi connectivity index (χ1v) is 5.79. The lowest BCUT2D eigenvalue weighted by atomic mass is 10.3. The molecule has 1 unspecified atom stereocenters. The summed E-state index contributed by atoms with van der Waals surface area (Å²) < 4.78 is 23.8. The molecular formula is C11H13F2NO2S. The minimum absolute atomic E-state index is 0.454. The third-order valence-corrected chi connectivity index (χ3v) is 2.90. The summed E-state index contributed by atoms with van der Waals surface area (Å²) in [6, 6.07) is 3.78. The van der Waals surface area contributed by atoms with E-state index in [1.165, 1.54) is 17.4 Å². The molecule has 1 aromatic rings. The van der Waals surface area contributed by atoms with Gasteiger partial charge in [-0.3, -0.25) is 4.79 Å². The third-order valence-electron chi connectivity index (χ3n) is 1.94. The Morgan fingerprint density at radius 3 is 2.82 bits per heavy atom. The van der Waals surface area contributed by atoms with Crippen molar-refractivity contribution in [2.45, 2.75) is 19.5 Å². The summed E-state index contributed by atoms with van der Waals surface area (Å²) in [5.41, 5.74) is 0. The van der Waals surface area contributed by atoms with E-state index in [4.69, 9.17) is 5.11 Å². The van der Waals surface area contributed by atoms with Crippen molar-refractivity contribution in [1.29, 1.82) is 0 Å². The van der Waals surface area contributed by atoms with E-state index in [2.05, 4.69) is 5.32 Å². The van der Waals surface area contributed by atoms with Crippen molar-refractivity contribution in [2.24, 2.45) is 0 Å². The Morgan fingerprint density at radius 1 is 1.59 bits per heavy atom. The molecule has 6 heteroatoms. The molecule has 0 spiro atoms. The SMILES string of the molecule is Cc1ccc(/C=C/C(=O)NCC(O)C(F)F)s1. The van der Waals surface area contributed by atoms with Gasteiger partial charge < -0.3 is 10.4 Å². The zero-order chi connectivity index (χ0) is 12.8. The van der Waals surface area contributed by atoms with Gasteiger partial charge in [-0.25, -0.2) is 8.78 Å². The van der Waals surface area contributed by atoms with Gasteiger partial charge in [-0.05, 0) is 25.1 Å². The van der Waals surface area contributed by atoms with Crippen molar-refractivity contribution >= 4 is 23.3 Å². The van der Waals surface area contributed by atoms with Crippen LogP contribution in [-0.2, 0) is 4.79 Å². The first-order valence-electron chi connectivity index (χ1n) is 4.97. The van der Waals surface area contributed by atoms with Gasteiger partial charge in [0.1, 0.15) is 6.10 Å². The van der Waals surface area contributed by atoms with Crippen LogP contribution in [0.1, 0.15) is 9.75 Å². The van der Waals surface area contributed by atoms with E-state index < -0.39 is 25.0 Å². The van der Waals surface area contributed by atoms with Crippen LogP contribution < -0.4 is 5.32 Å². The van der Waals surface area contributed by atoms with Crippen molar-refractivity contribution in [1.82, 2.24) is 5.32 Å². The average molecular weight is 261 g/mol. The van der Waals surface area contributed by atoms with E-state index in [1.807, 2.05) is 19.1 Å². The molecule has 2 N–H and O–H groups in total. The molecule has 1 atom stereocenters. The fourth-order valence-electron chi connectivity index (χ4n) is 1.05. The lowest BCUT2D eigenvalue weighted by molar-refractivity contribution is -0.117. The molecule has 0 aliphatic rings. The van der Waals surface area contributed by atoms with Crippen LogP contribution in [0.5, 0.6) is 0 Å². The van der Waals surface area contributed by atoms with Crippen molar-refractivity contribution in [3.63, 3.8) is 0 Å². The second-order valence-corrected chi connectivity index (χ2v) is 4.75. The molecule has 94 valence electrons. The maximum Gasteiger partial charge on any atom is 0.265 e. The van der Waals surface area contributed by atoms with Gasteiger partial charge in [0.25, 0.3) is 6.43 Å². The zero-order valence-electron chi connectivity index (χ0n) is 9.19. The van der Waals surface area contributed by atoms with Crippen LogP contribution in [0.3, 0.4) is 0 Å². The molecule has 0 aliphatic carbocycles. The summed E-state index contributed by atoms with van der Waals surface area (Å²) in [7, 11) is 0. The molecule has 0 saturated heterocycles. The zero-order valence-corrected chi connectivity index (χ0v) is 10.0. The summed E-state index contributed by atoms with van der Waals surface area (Å²) in [6.45, 7) is 1.49. The van der Waals surface area contributed by atoms with Crippen LogP contribution in [0.15, 0.2) is 18.2 Å². The van der Waals surface area contributed by atoms with Gasteiger partial charge in [-0.1, -0.05) is 0 Å². The minimum Gasteiger partial charge on any atom is -0.385 e. The van der Waals surface area contributed by atoms with Crippen molar-refractivity contribution < 1.29 is 18.7 Å². The highest BCUT2D eigenvalue weighted by Crippen LogP contribution is 2.16. The molecule has 0 aromatic carbocycles. The van der Waals surface area contributed by atoms with Crippen LogP contribution in [-0.4, -0.2) is 30.1 Å². The van der Waals surface area contributed by atoms with Gasteiger partial charge in [0.05, 0.1) is 0 Å². The van der Waals surface area contributed by atoms with E-state index in [0.717, 1.165) is 9.75 Å². The van der Waals surface area contributed by atoms with E-state index in [0.29, 0.717) is 0 Å². The number of hydrogen-bond donors (Lipinski definition) is 2. The highest BCUT2D eigenvalue weighted by molar-refractivity contribution is 7.12. The second-order valence-electron chi connectivity index (χ2n) is 3.43. The monoisotopic (exact) mass is 261 g/mol. The largest absolute Gasteiger partial charge is 0.385 e. The van der Waals surface area contributed by atoms with Crippen LogP contribution in [0.2, 0.25) is 0 Å². The Hall–Kier alpha value is -1.27. The van der Waals surface area contributed by atoms with E-state index in [-0.39, 0.29) is 0 Å². The molecule has 0 radical (unpaired) electrons. The molecular weight excluding hydrogens is 248 g/mol. The molecule has 1 heterocycles. The molecule has 0 aliphatic heterocycles. The number of aliphatic hydroxyl groups excluding tert-OH is 1. The quantitative estimate of drug-likeness (QED) is 0.794. The fraction of sp³-hybridized carbons (Fsp3) is 0.364. The molecule has 1 amide bonds. The summed E-state index contributed by atoms with van der Waals surface area (Å²) in [6.07, 6.45) is -1.82. The standard InChI is InChI=1S/C11H13F2NO2S/c1-7-2-3-8(17-7)4-5-10(16)14-6-9(15)11(12)13/h2-5,9,11,15H,6H2,1H3,(H,14,16)/b5-4+. The smallest absolute Gasteiger partial charge is 0.265 e. The molecule has 1 aromatic heterocycles. The number of aliphatic hydroxyl groups is 1. The van der Waals surface area contributed by atoms with Crippen LogP contribution in [0.4, 0.5) is 8.78 Å². The number of amides is 1. The van der Waals surface area contributed by atoms with Crippen LogP contribution in [0, 0.1) is 6.92 Å². The van der Waals surface area contributed by atoms with Crippen molar-refractivity contribution in [3.8, 4) is 0 Å². The highest BCUT2D eigenvalue weighted by atomic mass is 32.1. The average Bonchev–Trinajstić information content (AvgIpc) is 2.69. The predicted molar refractivity (Wildman–Crippen MR) is 63.1 cm³/mol. The van der Waals surface area contributed by atoms with Crippen LogP contribution in [0.25, 0.3) is 6.08 Å². The maximum atomic E-state index is 11.9. The first-order chi connectivity index (χ1) is 7.99. The Labute approximate surface area is 102 Å². The summed E-state index contributed by atoms with van der Waals surface area (Å²) >= 11 is 1.52. The summed E-state index contributed by atoms with van der Waals surface area (Å²) in [5.74, 6) is -0.504. The number of carbonyl (C=O) groups excluding carboxylic acids is 1. The molecule has 0 bridgehead atoms. The van der Waals surface area contributed by atoms with Crippen LogP contribution >= 0.6 is 11.3 Å². The minimum atomic E-state index is -2.85. The molecule has 17 heavy (non-hydrogen) atoms. The molecule has 3 nitrogen and oxygen atoms in total. The topological polar surface area (TPSA) is 49.3 Å². The molecule has 1 rings (SSSR count). The number of rotatable bonds is 5. The number of alkyl halides is 2. The second kappa shape index (κ2) is 6.46. The van der Waals surface area contributed by atoms with Crippen molar-refractivity contribution in [3.05, 3.63) is 28.0 Å². The highest BCUT2D eigenvalue weighted by Gasteiger charge is 2.16. The van der Waals surface area contributed by atoms with Crippen molar-refractivity contribution in [2.75, 3.05) is 6.54 Å². The Bertz CT molecular complexity index is 404. The Kier molecular flexibility index (Phi) is 5.24. The lowest BCUT2D eigenvalue weighted by Gasteiger charge is -2.08. The fourth-order valence-corrected chi connectivity index (χ4v) is 1.83. The molecule has 0 fully saturated rings. The maximum absolute atomic E-state index is 11.9. The van der Waals surface area contributed by atoms with Gasteiger partial charge in [0.15, 0.2) is 0 Å². The number of halogens is 2. The van der Waals surface area contributed by atoms with E-state index in [1.54, 1.807) is 6.08 Å². The van der Waals surface area contributed by atoms with Gasteiger partial charge in [0, 0.05) is 22.4 Å². The Balaban J connectivity index is 2.37. The summed E-state index contributed by atoms with van der Waals surface area (Å²) in [4.78, 5) is 13.2.